The summed E-state index contributed by atoms with van der Waals surface area (Å²) in [6.07, 6.45) is 0.799. The van der Waals surface area contributed by atoms with Crippen LogP contribution in [-0.2, 0) is 17.8 Å². The molecule has 0 radical (unpaired) electrons. The number of amides is 1. The summed E-state index contributed by atoms with van der Waals surface area (Å²) < 4.78 is 5.27. The highest BCUT2D eigenvalue weighted by atomic mass is 16.5. The van der Waals surface area contributed by atoms with Crippen molar-refractivity contribution in [3.63, 3.8) is 0 Å². The van der Waals surface area contributed by atoms with Crippen LogP contribution in [0.5, 0.6) is 5.75 Å². The first-order valence-corrected chi connectivity index (χ1v) is 10.0. The largest absolute Gasteiger partial charge is 0.497 e. The van der Waals surface area contributed by atoms with Crippen LogP contribution < -0.4 is 10.1 Å². The molecule has 1 fully saturated rings. The summed E-state index contributed by atoms with van der Waals surface area (Å²) in [7, 11) is 1.67. The van der Waals surface area contributed by atoms with Gasteiger partial charge in [-0.05, 0) is 36.6 Å². The Bertz CT molecular complexity index is 743. The summed E-state index contributed by atoms with van der Waals surface area (Å²) in [5.41, 5.74) is 2.52. The molecule has 2 aromatic carbocycles. The molecule has 3 rings (SSSR count). The van der Waals surface area contributed by atoms with E-state index in [1.807, 2.05) is 18.2 Å². The first-order chi connectivity index (χ1) is 13.6. The van der Waals surface area contributed by atoms with Crippen LogP contribution in [0.1, 0.15) is 18.1 Å². The van der Waals surface area contributed by atoms with Gasteiger partial charge in [0.2, 0.25) is 5.91 Å². The minimum absolute atomic E-state index is 0.0963. The van der Waals surface area contributed by atoms with Crippen molar-refractivity contribution in [1.29, 1.82) is 0 Å². The summed E-state index contributed by atoms with van der Waals surface area (Å²) in [5, 5.41) is 3.13. The van der Waals surface area contributed by atoms with Crippen LogP contribution in [0.25, 0.3) is 0 Å². The van der Waals surface area contributed by atoms with E-state index in [0.717, 1.165) is 44.9 Å². The zero-order valence-corrected chi connectivity index (χ0v) is 16.9. The zero-order valence-electron chi connectivity index (χ0n) is 16.9. The fraction of sp³-hybridized carbons (Fsp3) is 0.435. The lowest BCUT2D eigenvalue weighted by atomic mass is 10.1. The van der Waals surface area contributed by atoms with Crippen LogP contribution in [0, 0.1) is 0 Å². The molecule has 2 aromatic rings. The van der Waals surface area contributed by atoms with Gasteiger partial charge < -0.3 is 10.1 Å². The Kier molecular flexibility index (Phi) is 7.46. The highest BCUT2D eigenvalue weighted by Crippen LogP contribution is 2.14. The Morgan fingerprint density at radius 2 is 1.68 bits per heavy atom. The molecule has 0 saturated carbocycles. The van der Waals surface area contributed by atoms with Crippen molar-refractivity contribution in [2.24, 2.45) is 0 Å². The second-order valence-corrected chi connectivity index (χ2v) is 7.56. The molecule has 0 aliphatic carbocycles. The van der Waals surface area contributed by atoms with E-state index in [9.17, 15) is 4.79 Å². The summed E-state index contributed by atoms with van der Waals surface area (Å²) in [4.78, 5) is 17.1. The van der Waals surface area contributed by atoms with Crippen molar-refractivity contribution in [2.75, 3.05) is 39.8 Å². The molecule has 150 valence electrons. The van der Waals surface area contributed by atoms with Crippen molar-refractivity contribution in [2.45, 2.75) is 25.9 Å². The summed E-state index contributed by atoms with van der Waals surface area (Å²) in [6, 6.07) is 18.7. The number of hydrogen-bond donors (Lipinski definition) is 1. The minimum atomic E-state index is 0.0963. The quantitative estimate of drug-likeness (QED) is 0.763. The Morgan fingerprint density at radius 3 is 2.39 bits per heavy atom. The van der Waals surface area contributed by atoms with Gasteiger partial charge in [0.25, 0.3) is 0 Å². The maximum Gasteiger partial charge on any atom is 0.234 e. The molecule has 5 nitrogen and oxygen atoms in total. The van der Waals surface area contributed by atoms with E-state index in [1.54, 1.807) is 7.11 Å². The van der Waals surface area contributed by atoms with Gasteiger partial charge in [0.1, 0.15) is 5.75 Å². The number of carbonyl (C=O) groups is 1. The van der Waals surface area contributed by atoms with E-state index in [-0.39, 0.29) is 11.9 Å². The average molecular weight is 382 g/mol. The van der Waals surface area contributed by atoms with Gasteiger partial charge in [0, 0.05) is 38.8 Å². The van der Waals surface area contributed by atoms with E-state index in [1.165, 1.54) is 11.1 Å². The van der Waals surface area contributed by atoms with Crippen LogP contribution in [0.15, 0.2) is 54.6 Å². The molecule has 0 bridgehead atoms. The third kappa shape index (κ3) is 6.36. The lowest BCUT2D eigenvalue weighted by Crippen LogP contribution is -2.50. The van der Waals surface area contributed by atoms with Gasteiger partial charge in [0.05, 0.1) is 13.7 Å². The molecule has 5 heteroatoms. The fourth-order valence-electron chi connectivity index (χ4n) is 3.67. The molecule has 1 atom stereocenters. The minimum Gasteiger partial charge on any atom is -0.497 e. The number of methoxy groups -OCH3 is 1. The van der Waals surface area contributed by atoms with Crippen molar-refractivity contribution in [1.82, 2.24) is 15.1 Å². The summed E-state index contributed by atoms with van der Waals surface area (Å²) in [5.74, 6) is 0.955. The van der Waals surface area contributed by atoms with Gasteiger partial charge in [0.15, 0.2) is 0 Å². The van der Waals surface area contributed by atoms with Crippen molar-refractivity contribution in [3.8, 4) is 5.75 Å². The second kappa shape index (κ2) is 10.2. The monoisotopic (exact) mass is 381 g/mol. The Morgan fingerprint density at radius 1 is 1.00 bits per heavy atom. The molecule has 1 heterocycles. The number of benzene rings is 2. The number of nitrogens with zero attached hydrogens (tertiary/aromatic N) is 2. The van der Waals surface area contributed by atoms with Gasteiger partial charge in [-0.25, -0.2) is 0 Å². The molecule has 0 spiro atoms. The van der Waals surface area contributed by atoms with Crippen LogP contribution >= 0.6 is 0 Å². The highest BCUT2D eigenvalue weighted by molar-refractivity contribution is 5.78. The van der Waals surface area contributed by atoms with Gasteiger partial charge in [-0.2, -0.15) is 0 Å². The van der Waals surface area contributed by atoms with Gasteiger partial charge in [-0.3, -0.25) is 14.6 Å². The number of nitrogens with one attached hydrogen (secondary N) is 1. The van der Waals surface area contributed by atoms with Crippen LogP contribution in [0.2, 0.25) is 0 Å². The maximum absolute atomic E-state index is 12.4. The molecule has 1 aliphatic rings. The maximum atomic E-state index is 12.4. The van der Waals surface area contributed by atoms with Gasteiger partial charge >= 0.3 is 0 Å². The Labute approximate surface area is 168 Å². The van der Waals surface area contributed by atoms with Crippen LogP contribution in [0.4, 0.5) is 0 Å². The number of ether oxygens (including phenoxy) is 1. The molecular weight excluding hydrogens is 350 g/mol. The first-order valence-electron chi connectivity index (χ1n) is 10.0. The second-order valence-electron chi connectivity index (χ2n) is 7.56. The zero-order chi connectivity index (χ0) is 19.8. The summed E-state index contributed by atoms with van der Waals surface area (Å²) >= 11 is 0. The number of piperazine rings is 1. The molecule has 1 amide bonds. The number of carbonyl (C=O) groups excluding carboxylic acids is 1. The molecule has 28 heavy (non-hydrogen) atoms. The van der Waals surface area contributed by atoms with E-state index in [2.05, 4.69) is 58.4 Å². The van der Waals surface area contributed by atoms with E-state index >= 15 is 0 Å². The predicted molar refractivity (Wildman–Crippen MR) is 112 cm³/mol. The van der Waals surface area contributed by atoms with Crippen LogP contribution in [-0.4, -0.2) is 61.6 Å². The smallest absolute Gasteiger partial charge is 0.234 e. The normalized spacial score (nSPS) is 16.5. The summed E-state index contributed by atoms with van der Waals surface area (Å²) in [6.45, 7) is 7.38. The van der Waals surface area contributed by atoms with E-state index in [0.29, 0.717) is 6.54 Å². The molecule has 1 unspecified atom stereocenters. The van der Waals surface area contributed by atoms with E-state index < -0.39 is 0 Å². The number of hydrogen-bond acceptors (Lipinski definition) is 4. The van der Waals surface area contributed by atoms with Crippen molar-refractivity contribution < 1.29 is 9.53 Å². The Balaban J connectivity index is 1.38. The molecule has 1 N–H and O–H groups in total. The third-order valence-electron chi connectivity index (χ3n) is 5.16. The fourth-order valence-corrected chi connectivity index (χ4v) is 3.67. The van der Waals surface area contributed by atoms with Crippen molar-refractivity contribution >= 4 is 5.91 Å². The lowest BCUT2D eigenvalue weighted by molar-refractivity contribution is -0.123. The Hall–Kier alpha value is -2.37. The first kappa shape index (κ1) is 20.4. The predicted octanol–water partition coefficient (Wildman–Crippen LogP) is 2.56. The van der Waals surface area contributed by atoms with Gasteiger partial charge in [-0.15, -0.1) is 0 Å². The molecular formula is C23H31N3O2. The highest BCUT2D eigenvalue weighted by Gasteiger charge is 2.19. The topological polar surface area (TPSA) is 44.8 Å². The van der Waals surface area contributed by atoms with Gasteiger partial charge in [-0.1, -0.05) is 42.5 Å². The number of rotatable bonds is 8. The molecule has 1 aliphatic heterocycles. The average Bonchev–Trinajstić information content (AvgIpc) is 2.70. The molecule has 0 aromatic heterocycles. The van der Waals surface area contributed by atoms with Crippen molar-refractivity contribution in [3.05, 3.63) is 65.7 Å². The van der Waals surface area contributed by atoms with Crippen LogP contribution in [0.3, 0.4) is 0 Å². The SMILES string of the molecule is COc1cccc(CC(C)NC(=O)CN2CCN(Cc3ccccc3)CC2)c1. The standard InChI is InChI=1S/C23H31N3O2/c1-19(15-21-9-6-10-22(16-21)28-2)24-23(27)18-26-13-11-25(12-14-26)17-20-7-4-3-5-8-20/h3-10,16,19H,11-15,17-18H2,1-2H3,(H,24,27). The lowest BCUT2D eigenvalue weighted by Gasteiger charge is -2.34. The molecule has 1 saturated heterocycles. The van der Waals surface area contributed by atoms with E-state index in [4.69, 9.17) is 4.74 Å². The third-order valence-corrected chi connectivity index (χ3v) is 5.16.